The van der Waals surface area contributed by atoms with Crippen LogP contribution in [0.3, 0.4) is 0 Å². The fourth-order valence-electron chi connectivity index (χ4n) is 4.80. The molecule has 0 aliphatic carbocycles. The number of oxime groups is 1. The molecule has 0 unspecified atom stereocenters. The minimum absolute atomic E-state index is 0.0131. The van der Waals surface area contributed by atoms with Crippen LogP contribution in [-0.4, -0.2) is 55.4 Å². The summed E-state index contributed by atoms with van der Waals surface area (Å²) in [6.07, 6.45) is 6.08. The van der Waals surface area contributed by atoms with E-state index >= 15 is 0 Å². The SMILES string of the molecule is CCc1cc2c(nc1CC)CCN(CCC(C)=NO[C@@H](C)c1cn([C@H](CO)Cc3ccccc3)nn1)C2. The van der Waals surface area contributed by atoms with Crippen LogP contribution in [-0.2, 0) is 37.1 Å². The molecule has 3 heterocycles. The van der Waals surface area contributed by atoms with Crippen LogP contribution in [0, 0.1) is 0 Å². The van der Waals surface area contributed by atoms with Gasteiger partial charge in [-0.3, -0.25) is 9.88 Å². The summed E-state index contributed by atoms with van der Waals surface area (Å²) < 4.78 is 1.72. The van der Waals surface area contributed by atoms with Crippen molar-refractivity contribution in [1.29, 1.82) is 0 Å². The lowest BCUT2D eigenvalue weighted by Crippen LogP contribution is -2.33. The van der Waals surface area contributed by atoms with Gasteiger partial charge in [0.15, 0.2) is 6.10 Å². The van der Waals surface area contributed by atoms with Gasteiger partial charge in [-0.2, -0.15) is 0 Å². The molecule has 1 aliphatic heterocycles. The number of aromatic nitrogens is 4. The van der Waals surface area contributed by atoms with Gasteiger partial charge in [0.25, 0.3) is 0 Å². The summed E-state index contributed by atoms with van der Waals surface area (Å²) in [5.74, 6) is 0. The molecule has 2 atom stereocenters. The number of hydrogen-bond donors (Lipinski definition) is 1. The highest BCUT2D eigenvalue weighted by Crippen LogP contribution is 2.22. The Morgan fingerprint density at radius 2 is 2.00 bits per heavy atom. The molecule has 0 bridgehead atoms. The van der Waals surface area contributed by atoms with Gasteiger partial charge >= 0.3 is 0 Å². The number of aliphatic hydroxyl groups is 1. The van der Waals surface area contributed by atoms with Crippen molar-refractivity contribution in [2.45, 2.75) is 78.5 Å². The third-order valence-corrected chi connectivity index (χ3v) is 7.13. The quantitative estimate of drug-likeness (QED) is 0.289. The maximum atomic E-state index is 9.89. The summed E-state index contributed by atoms with van der Waals surface area (Å²) in [6, 6.07) is 12.3. The average molecular weight is 505 g/mol. The van der Waals surface area contributed by atoms with E-state index in [1.54, 1.807) is 4.68 Å². The predicted molar refractivity (Wildman–Crippen MR) is 145 cm³/mol. The molecule has 0 amide bonds. The molecular weight excluding hydrogens is 464 g/mol. The van der Waals surface area contributed by atoms with Crippen LogP contribution in [0.15, 0.2) is 47.8 Å². The van der Waals surface area contributed by atoms with Crippen molar-refractivity contribution in [3.8, 4) is 0 Å². The Morgan fingerprint density at radius 1 is 1.19 bits per heavy atom. The molecule has 37 heavy (non-hydrogen) atoms. The highest BCUT2D eigenvalue weighted by molar-refractivity contribution is 5.81. The molecule has 0 fully saturated rings. The molecule has 1 N–H and O–H groups in total. The molecule has 4 rings (SSSR count). The van der Waals surface area contributed by atoms with Crippen molar-refractivity contribution in [3.05, 3.63) is 76.4 Å². The molecular formula is C29H40N6O2. The van der Waals surface area contributed by atoms with Gasteiger partial charge in [-0.15, -0.1) is 5.10 Å². The van der Waals surface area contributed by atoms with E-state index in [1.807, 2.05) is 50.4 Å². The van der Waals surface area contributed by atoms with Gasteiger partial charge in [0.2, 0.25) is 0 Å². The topological polar surface area (TPSA) is 88.7 Å². The van der Waals surface area contributed by atoms with E-state index in [9.17, 15) is 5.11 Å². The van der Waals surface area contributed by atoms with E-state index in [4.69, 9.17) is 9.82 Å². The molecule has 8 nitrogen and oxygen atoms in total. The second kappa shape index (κ2) is 12.9. The first kappa shape index (κ1) is 26.9. The third-order valence-electron chi connectivity index (χ3n) is 7.13. The van der Waals surface area contributed by atoms with E-state index in [1.165, 1.54) is 22.5 Å². The summed E-state index contributed by atoms with van der Waals surface area (Å²) in [4.78, 5) is 13.2. The monoisotopic (exact) mass is 504 g/mol. The molecule has 8 heteroatoms. The summed E-state index contributed by atoms with van der Waals surface area (Å²) >= 11 is 0. The minimum atomic E-state index is -0.326. The minimum Gasteiger partial charge on any atom is -0.394 e. The number of hydrogen-bond acceptors (Lipinski definition) is 7. The van der Waals surface area contributed by atoms with Crippen molar-refractivity contribution in [2.75, 3.05) is 19.7 Å². The molecule has 0 radical (unpaired) electrons. The van der Waals surface area contributed by atoms with Crippen molar-refractivity contribution in [3.63, 3.8) is 0 Å². The van der Waals surface area contributed by atoms with Gasteiger partial charge < -0.3 is 9.94 Å². The van der Waals surface area contributed by atoms with Crippen LogP contribution in [0.4, 0.5) is 0 Å². The van der Waals surface area contributed by atoms with Crippen LogP contribution >= 0.6 is 0 Å². The maximum Gasteiger partial charge on any atom is 0.169 e. The summed E-state index contributed by atoms with van der Waals surface area (Å²) in [5.41, 5.74) is 8.08. The first-order valence-corrected chi connectivity index (χ1v) is 13.5. The van der Waals surface area contributed by atoms with Crippen molar-refractivity contribution >= 4 is 5.71 Å². The van der Waals surface area contributed by atoms with Gasteiger partial charge in [0.05, 0.1) is 24.6 Å². The standard InChI is InChI=1S/C29H40N6O2/c1-5-24-17-25-18-34(15-13-28(25)30-27(24)6-2)14-12-21(3)32-37-22(4)29-19-35(33-31-29)26(20-36)16-23-10-8-7-9-11-23/h7-11,17,19,22,26,36H,5-6,12-16,18,20H2,1-4H3/t22-,26-/m0/s1. The van der Waals surface area contributed by atoms with Gasteiger partial charge in [0.1, 0.15) is 5.69 Å². The van der Waals surface area contributed by atoms with Crippen LogP contribution in [0.1, 0.15) is 80.0 Å². The van der Waals surface area contributed by atoms with E-state index in [2.05, 4.69) is 40.3 Å². The van der Waals surface area contributed by atoms with Crippen LogP contribution in [0.2, 0.25) is 0 Å². The number of aliphatic hydroxyl groups excluding tert-OH is 1. The molecule has 0 saturated carbocycles. The van der Waals surface area contributed by atoms with Gasteiger partial charge in [0, 0.05) is 43.9 Å². The van der Waals surface area contributed by atoms with Crippen LogP contribution in [0.25, 0.3) is 0 Å². The second-order valence-electron chi connectivity index (χ2n) is 9.91. The van der Waals surface area contributed by atoms with Crippen molar-refractivity contribution in [1.82, 2.24) is 24.9 Å². The highest BCUT2D eigenvalue weighted by atomic mass is 16.6. The molecule has 0 spiro atoms. The van der Waals surface area contributed by atoms with E-state index in [-0.39, 0.29) is 18.8 Å². The molecule has 0 saturated heterocycles. The molecule has 3 aromatic rings. The van der Waals surface area contributed by atoms with Gasteiger partial charge in [-0.1, -0.05) is 60.6 Å². The van der Waals surface area contributed by atoms with Crippen LogP contribution < -0.4 is 0 Å². The highest BCUT2D eigenvalue weighted by Gasteiger charge is 2.20. The molecule has 2 aromatic heterocycles. The van der Waals surface area contributed by atoms with Crippen LogP contribution in [0.5, 0.6) is 0 Å². The van der Waals surface area contributed by atoms with Crippen molar-refractivity contribution < 1.29 is 9.94 Å². The smallest absolute Gasteiger partial charge is 0.169 e. The summed E-state index contributed by atoms with van der Waals surface area (Å²) in [7, 11) is 0. The zero-order valence-corrected chi connectivity index (χ0v) is 22.6. The summed E-state index contributed by atoms with van der Waals surface area (Å²) in [6.45, 7) is 11.2. The molecule has 198 valence electrons. The van der Waals surface area contributed by atoms with E-state index in [0.717, 1.165) is 56.6 Å². The number of pyridine rings is 1. The lowest BCUT2D eigenvalue weighted by atomic mass is 9.99. The number of rotatable bonds is 12. The van der Waals surface area contributed by atoms with E-state index in [0.29, 0.717) is 12.1 Å². The van der Waals surface area contributed by atoms with Gasteiger partial charge in [-0.25, -0.2) is 4.68 Å². The Labute approximate surface area is 220 Å². The number of nitrogens with zero attached hydrogens (tertiary/aromatic N) is 6. The zero-order chi connectivity index (χ0) is 26.2. The molecule has 1 aliphatic rings. The summed E-state index contributed by atoms with van der Waals surface area (Å²) in [5, 5.41) is 22.8. The number of fused-ring (bicyclic) bond motifs is 1. The molecule has 1 aromatic carbocycles. The Morgan fingerprint density at radius 3 is 2.73 bits per heavy atom. The Hall–Kier alpha value is -3.10. The number of aryl methyl sites for hydroxylation is 2. The largest absolute Gasteiger partial charge is 0.394 e. The fourth-order valence-corrected chi connectivity index (χ4v) is 4.80. The fraction of sp³-hybridized carbons (Fsp3) is 0.517. The Balaban J connectivity index is 1.28. The lowest BCUT2D eigenvalue weighted by molar-refractivity contribution is 0.0683. The van der Waals surface area contributed by atoms with Gasteiger partial charge in [-0.05, 0) is 49.8 Å². The lowest BCUT2D eigenvalue weighted by Gasteiger charge is -2.29. The maximum absolute atomic E-state index is 9.89. The number of benzene rings is 1. The Bertz CT molecular complexity index is 1180. The van der Waals surface area contributed by atoms with E-state index < -0.39 is 0 Å². The Kier molecular flexibility index (Phi) is 9.41. The zero-order valence-electron chi connectivity index (χ0n) is 22.6. The predicted octanol–water partition coefficient (Wildman–Crippen LogP) is 4.48. The third kappa shape index (κ3) is 7.02. The van der Waals surface area contributed by atoms with Crippen molar-refractivity contribution in [2.24, 2.45) is 5.16 Å². The average Bonchev–Trinajstić information content (AvgIpc) is 3.43. The normalized spacial score (nSPS) is 15.9. The first-order valence-electron chi connectivity index (χ1n) is 13.5. The second-order valence-corrected chi connectivity index (χ2v) is 9.91. The first-order chi connectivity index (χ1) is 18.0.